The van der Waals surface area contributed by atoms with Gasteiger partial charge in [0.2, 0.25) is 0 Å². The van der Waals surface area contributed by atoms with Gasteiger partial charge in [-0.3, -0.25) is 4.40 Å². The van der Waals surface area contributed by atoms with Gasteiger partial charge < -0.3 is 10.6 Å². The number of aliphatic imine (C=N–C) groups is 1. The first kappa shape index (κ1) is 17.5. The van der Waals surface area contributed by atoms with Crippen LogP contribution in [0.3, 0.4) is 0 Å². The van der Waals surface area contributed by atoms with E-state index in [-0.39, 0.29) is 24.0 Å². The van der Waals surface area contributed by atoms with E-state index >= 15 is 0 Å². The zero-order valence-corrected chi connectivity index (χ0v) is 16.1. The second-order valence-corrected chi connectivity index (χ2v) is 6.37. The van der Waals surface area contributed by atoms with Crippen molar-refractivity contribution in [2.45, 2.75) is 51.6 Å². The Balaban J connectivity index is 0.00000176. The number of hydrogen-bond acceptors (Lipinski definition) is 3. The van der Waals surface area contributed by atoms with Crippen LogP contribution < -0.4 is 10.6 Å². The Labute approximate surface area is 152 Å². The highest BCUT2D eigenvalue weighted by Gasteiger charge is 2.14. The van der Waals surface area contributed by atoms with Gasteiger partial charge in [0.15, 0.2) is 10.9 Å². The van der Waals surface area contributed by atoms with Crippen molar-refractivity contribution in [2.75, 3.05) is 6.54 Å². The molecular weight excluding hydrogens is 409 g/mol. The fourth-order valence-electron chi connectivity index (χ4n) is 2.77. The van der Waals surface area contributed by atoms with Crippen LogP contribution in [0, 0.1) is 0 Å². The Kier molecular flexibility index (Phi) is 6.94. The highest BCUT2D eigenvalue weighted by Crippen LogP contribution is 2.17. The van der Waals surface area contributed by atoms with Crippen LogP contribution in [0.2, 0.25) is 0 Å². The Morgan fingerprint density at radius 2 is 2.23 bits per heavy atom. The normalized spacial score (nSPS) is 16.5. The van der Waals surface area contributed by atoms with Gasteiger partial charge in [-0.1, -0.05) is 19.3 Å². The van der Waals surface area contributed by atoms with E-state index in [2.05, 4.69) is 38.1 Å². The van der Waals surface area contributed by atoms with Gasteiger partial charge in [0.1, 0.15) is 0 Å². The lowest BCUT2D eigenvalue weighted by atomic mass is 9.96. The number of fused-ring (bicyclic) bond motifs is 1. The number of nitrogens with one attached hydrogen (secondary N) is 2. The Morgan fingerprint density at radius 1 is 1.41 bits per heavy atom. The van der Waals surface area contributed by atoms with Crippen molar-refractivity contribution in [1.82, 2.24) is 20.0 Å². The van der Waals surface area contributed by atoms with Crippen molar-refractivity contribution in [1.29, 1.82) is 0 Å². The molecule has 1 aliphatic rings. The minimum Gasteiger partial charge on any atom is -0.357 e. The molecule has 22 heavy (non-hydrogen) atoms. The predicted octanol–water partition coefficient (Wildman–Crippen LogP) is 3.40. The van der Waals surface area contributed by atoms with Crippen LogP contribution in [-0.2, 0) is 6.54 Å². The Hall–Kier alpha value is -0.830. The topological polar surface area (TPSA) is 53.7 Å². The number of nitrogens with zero attached hydrogens (tertiary/aromatic N) is 3. The summed E-state index contributed by atoms with van der Waals surface area (Å²) in [7, 11) is 0. The number of halogens is 1. The lowest BCUT2D eigenvalue weighted by Crippen LogP contribution is -2.44. The maximum absolute atomic E-state index is 4.68. The van der Waals surface area contributed by atoms with Crippen LogP contribution in [0.5, 0.6) is 0 Å². The molecule has 0 aromatic carbocycles. The van der Waals surface area contributed by atoms with Gasteiger partial charge in [0.25, 0.3) is 0 Å². The molecule has 0 aliphatic heterocycles. The van der Waals surface area contributed by atoms with Gasteiger partial charge in [-0.05, 0) is 19.8 Å². The number of aromatic nitrogens is 2. The highest BCUT2D eigenvalue weighted by atomic mass is 127. The molecule has 1 saturated carbocycles. The third kappa shape index (κ3) is 4.58. The minimum atomic E-state index is 0. The maximum atomic E-state index is 4.68. The van der Waals surface area contributed by atoms with Gasteiger partial charge in [0.05, 0.1) is 12.2 Å². The van der Waals surface area contributed by atoms with E-state index in [1.165, 1.54) is 32.1 Å². The average Bonchev–Trinajstić information content (AvgIpc) is 3.07. The average molecular weight is 433 g/mol. The number of hydrogen-bond donors (Lipinski definition) is 2. The third-order valence-electron chi connectivity index (χ3n) is 3.83. The van der Waals surface area contributed by atoms with Crippen LogP contribution in [0.25, 0.3) is 4.96 Å². The summed E-state index contributed by atoms with van der Waals surface area (Å²) in [4.78, 5) is 10.3. The number of imidazole rings is 1. The van der Waals surface area contributed by atoms with E-state index in [4.69, 9.17) is 0 Å². The number of rotatable bonds is 4. The van der Waals surface area contributed by atoms with E-state index in [9.17, 15) is 0 Å². The first-order valence-corrected chi connectivity index (χ1v) is 8.69. The van der Waals surface area contributed by atoms with Crippen molar-refractivity contribution >= 4 is 46.2 Å². The molecule has 0 radical (unpaired) electrons. The second kappa shape index (κ2) is 8.71. The van der Waals surface area contributed by atoms with Gasteiger partial charge in [-0.15, -0.1) is 35.3 Å². The molecule has 7 heteroatoms. The molecule has 2 N–H and O–H groups in total. The molecule has 2 heterocycles. The van der Waals surface area contributed by atoms with Crippen molar-refractivity contribution in [3.05, 3.63) is 23.5 Å². The number of thiazole rings is 1. The molecular formula is C15H24IN5S. The van der Waals surface area contributed by atoms with E-state index in [1.54, 1.807) is 11.3 Å². The fourth-order valence-corrected chi connectivity index (χ4v) is 3.49. The molecule has 0 atom stereocenters. The van der Waals surface area contributed by atoms with Crippen molar-refractivity contribution in [2.24, 2.45) is 4.99 Å². The van der Waals surface area contributed by atoms with Crippen LogP contribution in [-0.4, -0.2) is 27.9 Å². The lowest BCUT2D eigenvalue weighted by Gasteiger charge is -2.24. The van der Waals surface area contributed by atoms with Gasteiger partial charge >= 0.3 is 0 Å². The van der Waals surface area contributed by atoms with E-state index in [1.807, 2.05) is 11.6 Å². The SMILES string of the molecule is CCNC(=NCc1cn2ccsc2n1)NC1CCCCC1.I. The summed E-state index contributed by atoms with van der Waals surface area (Å²) < 4.78 is 2.05. The van der Waals surface area contributed by atoms with E-state index in [0.29, 0.717) is 12.6 Å². The first-order valence-electron chi connectivity index (χ1n) is 7.81. The monoisotopic (exact) mass is 433 g/mol. The molecule has 2 aromatic heterocycles. The van der Waals surface area contributed by atoms with Crippen molar-refractivity contribution in [3.63, 3.8) is 0 Å². The third-order valence-corrected chi connectivity index (χ3v) is 4.60. The summed E-state index contributed by atoms with van der Waals surface area (Å²) >= 11 is 1.65. The fraction of sp³-hybridized carbons (Fsp3) is 0.600. The lowest BCUT2D eigenvalue weighted by molar-refractivity contribution is 0.410. The molecule has 0 spiro atoms. The summed E-state index contributed by atoms with van der Waals surface area (Å²) in [5, 5.41) is 8.94. The molecule has 0 saturated heterocycles. The zero-order chi connectivity index (χ0) is 14.5. The van der Waals surface area contributed by atoms with Crippen LogP contribution in [0.15, 0.2) is 22.8 Å². The quantitative estimate of drug-likeness (QED) is 0.442. The second-order valence-electron chi connectivity index (χ2n) is 5.50. The molecule has 0 amide bonds. The van der Waals surface area contributed by atoms with Crippen LogP contribution >= 0.6 is 35.3 Å². The smallest absolute Gasteiger partial charge is 0.193 e. The summed E-state index contributed by atoms with van der Waals surface area (Å²) in [6.45, 7) is 3.61. The molecule has 122 valence electrons. The molecule has 2 aromatic rings. The maximum Gasteiger partial charge on any atom is 0.193 e. The molecule has 1 aliphatic carbocycles. The molecule has 5 nitrogen and oxygen atoms in total. The minimum absolute atomic E-state index is 0. The van der Waals surface area contributed by atoms with E-state index < -0.39 is 0 Å². The molecule has 3 rings (SSSR count). The molecule has 0 unspecified atom stereocenters. The Morgan fingerprint density at radius 3 is 2.95 bits per heavy atom. The molecule has 1 fully saturated rings. The summed E-state index contributed by atoms with van der Waals surface area (Å²) in [6.07, 6.45) is 10.6. The largest absolute Gasteiger partial charge is 0.357 e. The summed E-state index contributed by atoms with van der Waals surface area (Å²) in [5.41, 5.74) is 1.02. The van der Waals surface area contributed by atoms with Gasteiger partial charge in [0, 0.05) is 30.4 Å². The van der Waals surface area contributed by atoms with Gasteiger partial charge in [-0.2, -0.15) is 0 Å². The zero-order valence-electron chi connectivity index (χ0n) is 12.9. The van der Waals surface area contributed by atoms with Crippen molar-refractivity contribution < 1.29 is 0 Å². The standard InChI is InChI=1S/C15H23N5S.HI/c1-2-16-14(18-12-6-4-3-5-7-12)17-10-13-11-20-8-9-21-15(20)19-13;/h8-9,11-12H,2-7,10H2,1H3,(H2,16,17,18);1H. The van der Waals surface area contributed by atoms with E-state index in [0.717, 1.165) is 23.2 Å². The van der Waals surface area contributed by atoms with Crippen molar-refractivity contribution in [3.8, 4) is 0 Å². The van der Waals surface area contributed by atoms with Crippen LogP contribution in [0.4, 0.5) is 0 Å². The Bertz CT molecular complexity index is 571. The number of guanidine groups is 1. The first-order chi connectivity index (χ1) is 10.3. The predicted molar refractivity (Wildman–Crippen MR) is 103 cm³/mol. The highest BCUT2D eigenvalue weighted by molar-refractivity contribution is 14.0. The van der Waals surface area contributed by atoms with Crippen LogP contribution in [0.1, 0.15) is 44.7 Å². The summed E-state index contributed by atoms with van der Waals surface area (Å²) in [6, 6.07) is 0.571. The van der Waals surface area contributed by atoms with Gasteiger partial charge in [-0.25, -0.2) is 9.98 Å². The molecule has 0 bridgehead atoms. The summed E-state index contributed by atoms with van der Waals surface area (Å²) in [5.74, 6) is 0.917.